The van der Waals surface area contributed by atoms with Crippen molar-refractivity contribution in [1.29, 1.82) is 0 Å². The summed E-state index contributed by atoms with van der Waals surface area (Å²) in [4.78, 5) is 38.2. The number of hydrogen-bond acceptors (Lipinski definition) is 8. The van der Waals surface area contributed by atoms with E-state index in [1.807, 2.05) is 0 Å². The lowest BCUT2D eigenvalue weighted by Gasteiger charge is -2.14. The van der Waals surface area contributed by atoms with Crippen LogP contribution in [0.5, 0.6) is 11.5 Å². The second kappa shape index (κ2) is 11.2. The van der Waals surface area contributed by atoms with Crippen LogP contribution in [0.1, 0.15) is 27.4 Å². The molecule has 3 aromatic rings. The van der Waals surface area contributed by atoms with E-state index in [1.54, 1.807) is 30.3 Å². The van der Waals surface area contributed by atoms with Gasteiger partial charge in [-0.05, 0) is 88.0 Å². The maximum Gasteiger partial charge on any atom is 0.373 e. The highest BCUT2D eigenvalue weighted by Gasteiger charge is 2.36. The summed E-state index contributed by atoms with van der Waals surface area (Å²) >= 11 is 2.88. The molecule has 0 radical (unpaired) electrons. The van der Waals surface area contributed by atoms with Gasteiger partial charge < -0.3 is 18.6 Å². The first-order valence-electron chi connectivity index (χ1n) is 10.5. The molecular formula is C25H19FINO7S. The summed E-state index contributed by atoms with van der Waals surface area (Å²) in [5.41, 5.74) is 1.30. The predicted molar refractivity (Wildman–Crippen MR) is 138 cm³/mol. The highest BCUT2D eigenvalue weighted by Crippen LogP contribution is 2.38. The molecule has 4 rings (SSSR count). The summed E-state index contributed by atoms with van der Waals surface area (Å²) < 4.78 is 35.5. The molecule has 11 heteroatoms. The number of carbonyl (C=O) groups excluding carboxylic acids is 3. The molecule has 0 bridgehead atoms. The number of carbonyl (C=O) groups is 3. The molecule has 0 saturated carbocycles. The number of methoxy groups -OCH3 is 2. The molecule has 0 aliphatic carbocycles. The summed E-state index contributed by atoms with van der Waals surface area (Å²) in [6.45, 7) is 0.0273. The molecule has 2 amide bonds. The van der Waals surface area contributed by atoms with E-state index in [1.165, 1.54) is 38.5 Å². The van der Waals surface area contributed by atoms with Crippen LogP contribution in [0.2, 0.25) is 0 Å². The Balaban J connectivity index is 1.51. The third-order valence-electron chi connectivity index (χ3n) is 5.06. The van der Waals surface area contributed by atoms with E-state index in [-0.39, 0.29) is 35.4 Å². The van der Waals surface area contributed by atoms with E-state index >= 15 is 0 Å². The average molecular weight is 623 g/mol. The van der Waals surface area contributed by atoms with Crippen molar-refractivity contribution < 1.29 is 37.4 Å². The Kier molecular flexibility index (Phi) is 7.99. The average Bonchev–Trinajstić information content (AvgIpc) is 3.43. The molecule has 0 N–H and O–H groups in total. The van der Waals surface area contributed by atoms with Crippen LogP contribution >= 0.6 is 34.4 Å². The van der Waals surface area contributed by atoms with Crippen molar-refractivity contribution in [2.24, 2.45) is 0 Å². The first kappa shape index (κ1) is 25.8. The van der Waals surface area contributed by atoms with Gasteiger partial charge >= 0.3 is 5.97 Å². The van der Waals surface area contributed by atoms with Crippen LogP contribution in [-0.2, 0) is 22.7 Å². The number of nitrogens with zero attached hydrogens (tertiary/aromatic N) is 1. The van der Waals surface area contributed by atoms with Crippen LogP contribution in [-0.4, -0.2) is 36.2 Å². The second-order valence-electron chi connectivity index (χ2n) is 7.48. The Morgan fingerprint density at radius 2 is 1.97 bits per heavy atom. The number of amides is 2. The molecule has 1 fully saturated rings. The lowest BCUT2D eigenvalue weighted by atomic mass is 10.1. The summed E-state index contributed by atoms with van der Waals surface area (Å²) in [5.74, 6) is -0.325. The minimum absolute atomic E-state index is 0.0172. The van der Waals surface area contributed by atoms with Gasteiger partial charge in [0.1, 0.15) is 18.2 Å². The minimum atomic E-state index is -0.651. The fourth-order valence-electron chi connectivity index (χ4n) is 3.36. The number of furan rings is 1. The van der Waals surface area contributed by atoms with E-state index in [2.05, 4.69) is 27.3 Å². The maximum atomic E-state index is 13.5. The summed E-state index contributed by atoms with van der Waals surface area (Å²) in [6, 6.07) is 12.5. The zero-order chi connectivity index (χ0) is 25.8. The largest absolute Gasteiger partial charge is 0.493 e. The number of imide groups is 1. The van der Waals surface area contributed by atoms with Crippen LogP contribution in [0.25, 0.3) is 6.08 Å². The Labute approximate surface area is 223 Å². The number of hydrogen-bond donors (Lipinski definition) is 0. The van der Waals surface area contributed by atoms with E-state index in [0.717, 1.165) is 16.7 Å². The summed E-state index contributed by atoms with van der Waals surface area (Å²) in [5, 5.41) is -0.459. The van der Waals surface area contributed by atoms with Gasteiger partial charge in [-0.25, -0.2) is 9.18 Å². The van der Waals surface area contributed by atoms with Gasteiger partial charge in [0.25, 0.3) is 11.1 Å². The second-order valence-corrected chi connectivity index (χ2v) is 9.63. The third kappa shape index (κ3) is 5.73. The van der Waals surface area contributed by atoms with Gasteiger partial charge in [0.2, 0.25) is 5.76 Å². The normalized spacial score (nSPS) is 14.4. The Bertz CT molecular complexity index is 1370. The van der Waals surface area contributed by atoms with Crippen molar-refractivity contribution in [1.82, 2.24) is 4.90 Å². The van der Waals surface area contributed by atoms with E-state index in [9.17, 15) is 18.8 Å². The van der Waals surface area contributed by atoms with Gasteiger partial charge in [0.05, 0.1) is 29.2 Å². The van der Waals surface area contributed by atoms with Gasteiger partial charge in [-0.3, -0.25) is 14.5 Å². The van der Waals surface area contributed by atoms with Gasteiger partial charge in [-0.1, -0.05) is 12.1 Å². The summed E-state index contributed by atoms with van der Waals surface area (Å²) in [7, 11) is 2.72. The van der Waals surface area contributed by atoms with Crippen molar-refractivity contribution in [3.05, 3.63) is 85.5 Å². The number of halogens is 2. The first-order chi connectivity index (χ1) is 17.3. The Morgan fingerprint density at radius 3 is 2.69 bits per heavy atom. The lowest BCUT2D eigenvalue weighted by molar-refractivity contribution is -0.123. The van der Waals surface area contributed by atoms with Gasteiger partial charge in [-0.2, -0.15) is 0 Å². The van der Waals surface area contributed by atoms with E-state index in [0.29, 0.717) is 26.2 Å². The van der Waals surface area contributed by atoms with Crippen LogP contribution in [0.15, 0.2) is 57.9 Å². The molecule has 1 saturated heterocycles. The number of ether oxygens (including phenoxy) is 3. The van der Waals surface area contributed by atoms with Crippen molar-refractivity contribution >= 4 is 57.5 Å². The van der Waals surface area contributed by atoms with Crippen LogP contribution < -0.4 is 9.47 Å². The maximum absolute atomic E-state index is 13.5. The Morgan fingerprint density at radius 1 is 1.17 bits per heavy atom. The molecule has 0 atom stereocenters. The third-order valence-corrected chi connectivity index (χ3v) is 6.77. The highest BCUT2D eigenvalue weighted by molar-refractivity contribution is 14.1. The molecule has 2 heterocycles. The molecule has 186 valence electrons. The first-order valence-corrected chi connectivity index (χ1v) is 12.4. The lowest BCUT2D eigenvalue weighted by Crippen LogP contribution is -2.27. The zero-order valence-corrected chi connectivity index (χ0v) is 22.1. The quantitative estimate of drug-likeness (QED) is 0.181. The van der Waals surface area contributed by atoms with Gasteiger partial charge in [0, 0.05) is 0 Å². The minimum Gasteiger partial charge on any atom is -0.493 e. The number of esters is 1. The molecule has 1 aliphatic rings. The molecule has 8 nitrogen and oxygen atoms in total. The topological polar surface area (TPSA) is 95.3 Å². The molecule has 1 aliphatic heterocycles. The fourth-order valence-corrected chi connectivity index (χ4v) is 4.98. The zero-order valence-electron chi connectivity index (χ0n) is 19.1. The monoisotopic (exact) mass is 623 g/mol. The predicted octanol–water partition coefficient (Wildman–Crippen LogP) is 5.63. The van der Waals surface area contributed by atoms with E-state index in [4.69, 9.17) is 13.9 Å². The number of thioether (sulfide) groups is 1. The molecule has 2 aromatic carbocycles. The SMILES string of the molecule is COC(=O)c1ccc(CN2C(=O)S/C(=C/c3cc(I)c(OCc4cccc(F)c4)c(OC)c3)C2=O)o1. The Hall–Kier alpha value is -3.32. The smallest absolute Gasteiger partial charge is 0.373 e. The summed E-state index contributed by atoms with van der Waals surface area (Å²) in [6.07, 6.45) is 1.59. The van der Waals surface area contributed by atoms with Gasteiger partial charge in [-0.15, -0.1) is 0 Å². The van der Waals surface area contributed by atoms with Crippen LogP contribution in [0, 0.1) is 9.39 Å². The molecule has 36 heavy (non-hydrogen) atoms. The van der Waals surface area contributed by atoms with Crippen LogP contribution in [0.3, 0.4) is 0 Å². The molecule has 1 aromatic heterocycles. The van der Waals surface area contributed by atoms with Gasteiger partial charge in [0.15, 0.2) is 11.5 Å². The van der Waals surface area contributed by atoms with Crippen molar-refractivity contribution in [3.63, 3.8) is 0 Å². The highest BCUT2D eigenvalue weighted by atomic mass is 127. The van der Waals surface area contributed by atoms with Crippen molar-refractivity contribution in [3.8, 4) is 11.5 Å². The molecule has 0 unspecified atom stereocenters. The number of benzene rings is 2. The van der Waals surface area contributed by atoms with Crippen molar-refractivity contribution in [2.75, 3.05) is 14.2 Å². The van der Waals surface area contributed by atoms with Crippen LogP contribution in [0.4, 0.5) is 9.18 Å². The molecular weight excluding hydrogens is 604 g/mol. The van der Waals surface area contributed by atoms with Crippen molar-refractivity contribution in [2.45, 2.75) is 13.2 Å². The fraction of sp³-hybridized carbons (Fsp3) is 0.160. The number of rotatable bonds is 8. The standard InChI is InChI=1S/C25H19FINO7S/c1-32-20-10-15(9-18(27)22(20)34-13-14-4-3-5-16(26)8-14)11-21-23(29)28(25(31)36-21)12-17-6-7-19(35-17)24(30)33-2/h3-11H,12-13H2,1-2H3/b21-11+. The molecule has 0 spiro atoms. The van der Waals surface area contributed by atoms with E-state index < -0.39 is 17.1 Å².